The van der Waals surface area contributed by atoms with Gasteiger partial charge in [0.15, 0.2) is 5.58 Å². The van der Waals surface area contributed by atoms with Crippen molar-refractivity contribution in [1.29, 1.82) is 0 Å². The van der Waals surface area contributed by atoms with Crippen molar-refractivity contribution in [2.45, 2.75) is 6.54 Å². The van der Waals surface area contributed by atoms with Gasteiger partial charge < -0.3 is 9.32 Å². The summed E-state index contributed by atoms with van der Waals surface area (Å²) in [6.07, 6.45) is 0. The van der Waals surface area contributed by atoms with Gasteiger partial charge in [0.05, 0.1) is 0 Å². The Morgan fingerprint density at radius 2 is 1.72 bits per heavy atom. The van der Waals surface area contributed by atoms with E-state index < -0.39 is 0 Å². The second-order valence-corrected chi connectivity index (χ2v) is 4.31. The fraction of sp³-hybridized carbons (Fsp3) is 0.133. The van der Waals surface area contributed by atoms with E-state index in [1.54, 1.807) is 0 Å². The van der Waals surface area contributed by atoms with Gasteiger partial charge in [-0.1, -0.05) is 42.5 Å². The predicted molar refractivity (Wildman–Crippen MR) is 72.6 cm³/mol. The van der Waals surface area contributed by atoms with Gasteiger partial charge in [-0.25, -0.2) is 0 Å². The molecule has 1 aromatic heterocycles. The molecule has 0 bridgehead atoms. The third-order valence-corrected chi connectivity index (χ3v) is 2.87. The van der Waals surface area contributed by atoms with Gasteiger partial charge in [-0.15, -0.1) is 0 Å². The zero-order chi connectivity index (χ0) is 12.4. The normalized spacial score (nSPS) is 10.7. The first-order chi connectivity index (χ1) is 8.83. The lowest BCUT2D eigenvalue weighted by Crippen LogP contribution is -2.16. The fourth-order valence-corrected chi connectivity index (χ4v) is 1.95. The van der Waals surface area contributed by atoms with Crippen molar-refractivity contribution in [1.82, 2.24) is 4.98 Å². The third-order valence-electron chi connectivity index (χ3n) is 2.87. The van der Waals surface area contributed by atoms with Crippen LogP contribution in [0.1, 0.15) is 5.56 Å². The number of rotatable bonds is 3. The Hall–Kier alpha value is -2.29. The number of hydrogen-bond acceptors (Lipinski definition) is 3. The van der Waals surface area contributed by atoms with E-state index in [0.717, 1.165) is 17.6 Å². The Balaban J connectivity index is 1.86. The topological polar surface area (TPSA) is 29.3 Å². The molecule has 0 spiro atoms. The van der Waals surface area contributed by atoms with E-state index in [-0.39, 0.29) is 0 Å². The van der Waals surface area contributed by atoms with Crippen molar-refractivity contribution < 1.29 is 4.42 Å². The van der Waals surface area contributed by atoms with Crippen LogP contribution in [0.25, 0.3) is 11.1 Å². The molecule has 3 aromatic rings. The van der Waals surface area contributed by atoms with Crippen LogP contribution in [0.3, 0.4) is 0 Å². The first-order valence-electron chi connectivity index (χ1n) is 5.93. The van der Waals surface area contributed by atoms with Gasteiger partial charge in [0.2, 0.25) is 0 Å². The summed E-state index contributed by atoms with van der Waals surface area (Å²) in [6.45, 7) is 0.785. The molecule has 0 radical (unpaired) electrons. The minimum absolute atomic E-state index is 0.653. The van der Waals surface area contributed by atoms with Gasteiger partial charge in [0.25, 0.3) is 6.01 Å². The highest BCUT2D eigenvalue weighted by Gasteiger charge is 2.09. The van der Waals surface area contributed by atoms with Crippen molar-refractivity contribution in [2.24, 2.45) is 0 Å². The summed E-state index contributed by atoms with van der Waals surface area (Å²) in [5, 5.41) is 0. The molecule has 0 amide bonds. The van der Waals surface area contributed by atoms with E-state index in [9.17, 15) is 0 Å². The summed E-state index contributed by atoms with van der Waals surface area (Å²) in [6, 6.07) is 18.7. The van der Waals surface area contributed by atoms with Crippen LogP contribution in [-0.4, -0.2) is 12.0 Å². The molecular weight excluding hydrogens is 224 g/mol. The van der Waals surface area contributed by atoms with E-state index in [1.165, 1.54) is 5.56 Å². The van der Waals surface area contributed by atoms with E-state index in [0.29, 0.717) is 6.01 Å². The number of oxazole rings is 1. The van der Waals surface area contributed by atoms with Gasteiger partial charge >= 0.3 is 0 Å². The minimum atomic E-state index is 0.653. The van der Waals surface area contributed by atoms with Crippen LogP contribution < -0.4 is 4.90 Å². The number of aromatic nitrogens is 1. The van der Waals surface area contributed by atoms with Gasteiger partial charge in [-0.2, -0.15) is 4.98 Å². The molecule has 0 aliphatic carbocycles. The maximum Gasteiger partial charge on any atom is 0.298 e. The molecule has 0 aliphatic rings. The largest absolute Gasteiger partial charge is 0.423 e. The molecule has 2 aromatic carbocycles. The molecule has 3 heteroatoms. The fourth-order valence-electron chi connectivity index (χ4n) is 1.95. The lowest BCUT2D eigenvalue weighted by atomic mass is 10.2. The Morgan fingerprint density at radius 1 is 1.00 bits per heavy atom. The van der Waals surface area contributed by atoms with Crippen LogP contribution in [0.2, 0.25) is 0 Å². The predicted octanol–water partition coefficient (Wildman–Crippen LogP) is 3.46. The van der Waals surface area contributed by atoms with Crippen LogP contribution in [0, 0.1) is 0 Å². The lowest BCUT2D eigenvalue weighted by Gasteiger charge is -2.13. The van der Waals surface area contributed by atoms with Crippen molar-refractivity contribution in [3.63, 3.8) is 0 Å². The van der Waals surface area contributed by atoms with Crippen LogP contribution in [-0.2, 0) is 6.54 Å². The van der Waals surface area contributed by atoms with Gasteiger partial charge in [-0.3, -0.25) is 0 Å². The Morgan fingerprint density at radius 3 is 2.50 bits per heavy atom. The summed E-state index contributed by atoms with van der Waals surface area (Å²) in [5.41, 5.74) is 2.96. The van der Waals surface area contributed by atoms with Crippen molar-refractivity contribution >= 4 is 17.1 Å². The maximum absolute atomic E-state index is 5.72. The zero-order valence-electron chi connectivity index (χ0n) is 10.2. The highest BCUT2D eigenvalue weighted by atomic mass is 16.4. The monoisotopic (exact) mass is 238 g/mol. The van der Waals surface area contributed by atoms with Crippen LogP contribution >= 0.6 is 0 Å². The molecule has 0 atom stereocenters. The zero-order valence-corrected chi connectivity index (χ0v) is 10.2. The van der Waals surface area contributed by atoms with Crippen molar-refractivity contribution in [3.05, 3.63) is 60.2 Å². The Kier molecular flexibility index (Phi) is 2.73. The van der Waals surface area contributed by atoms with Crippen LogP contribution in [0.15, 0.2) is 59.0 Å². The SMILES string of the molecule is CN(Cc1ccccc1)c1nc2ccccc2o1. The molecule has 3 nitrogen and oxygen atoms in total. The smallest absolute Gasteiger partial charge is 0.298 e. The van der Waals surface area contributed by atoms with E-state index in [1.807, 2.05) is 54.4 Å². The summed E-state index contributed by atoms with van der Waals surface area (Å²) in [5.74, 6) is 0. The maximum atomic E-state index is 5.72. The third kappa shape index (κ3) is 2.07. The summed E-state index contributed by atoms with van der Waals surface area (Å²) >= 11 is 0. The quantitative estimate of drug-likeness (QED) is 0.699. The Bertz CT molecular complexity index is 613. The molecule has 0 saturated heterocycles. The van der Waals surface area contributed by atoms with E-state index >= 15 is 0 Å². The minimum Gasteiger partial charge on any atom is -0.423 e. The molecule has 0 fully saturated rings. The second kappa shape index (κ2) is 4.53. The molecule has 1 heterocycles. The summed E-state index contributed by atoms with van der Waals surface area (Å²) < 4.78 is 5.72. The summed E-state index contributed by atoms with van der Waals surface area (Å²) in [7, 11) is 1.98. The average molecular weight is 238 g/mol. The van der Waals surface area contributed by atoms with Crippen LogP contribution in [0.4, 0.5) is 6.01 Å². The van der Waals surface area contributed by atoms with E-state index in [4.69, 9.17) is 4.42 Å². The molecule has 0 aliphatic heterocycles. The van der Waals surface area contributed by atoms with Crippen LogP contribution in [0.5, 0.6) is 0 Å². The van der Waals surface area contributed by atoms with Crippen molar-refractivity contribution in [3.8, 4) is 0 Å². The highest BCUT2D eigenvalue weighted by molar-refractivity contribution is 5.74. The molecular formula is C15H14N2O. The van der Waals surface area contributed by atoms with Gasteiger partial charge in [0, 0.05) is 13.6 Å². The van der Waals surface area contributed by atoms with E-state index in [2.05, 4.69) is 17.1 Å². The molecule has 0 N–H and O–H groups in total. The van der Waals surface area contributed by atoms with Gasteiger partial charge in [0.1, 0.15) is 5.52 Å². The number of anilines is 1. The second-order valence-electron chi connectivity index (χ2n) is 4.31. The number of para-hydroxylation sites is 2. The molecule has 90 valence electrons. The molecule has 18 heavy (non-hydrogen) atoms. The molecule has 0 unspecified atom stereocenters. The number of hydrogen-bond donors (Lipinski definition) is 0. The number of fused-ring (bicyclic) bond motifs is 1. The number of nitrogens with zero attached hydrogens (tertiary/aromatic N) is 2. The van der Waals surface area contributed by atoms with Gasteiger partial charge in [-0.05, 0) is 17.7 Å². The summed E-state index contributed by atoms with van der Waals surface area (Å²) in [4.78, 5) is 6.48. The van der Waals surface area contributed by atoms with Crippen molar-refractivity contribution in [2.75, 3.05) is 11.9 Å². The number of benzene rings is 2. The first kappa shape index (κ1) is 10.8. The average Bonchev–Trinajstić information content (AvgIpc) is 2.84. The molecule has 0 saturated carbocycles. The first-order valence-corrected chi connectivity index (χ1v) is 5.93. The lowest BCUT2D eigenvalue weighted by molar-refractivity contribution is 0.582. The Labute approximate surface area is 106 Å². The molecule has 3 rings (SSSR count). The standard InChI is InChI=1S/C15H14N2O/c1-17(11-12-7-3-2-4-8-12)15-16-13-9-5-6-10-14(13)18-15/h2-10H,11H2,1H3. The highest BCUT2D eigenvalue weighted by Crippen LogP contribution is 2.21.